The van der Waals surface area contributed by atoms with Crippen LogP contribution in [0.25, 0.3) is 10.9 Å². The molecule has 1 saturated carbocycles. The number of Topliss-reactive ketones (excluding diaryl/α,β-unsaturated/α-hetero) is 2. The highest BCUT2D eigenvalue weighted by molar-refractivity contribution is 5.98. The molecule has 3 nitrogen and oxygen atoms in total. The van der Waals surface area contributed by atoms with Gasteiger partial charge in [0, 0.05) is 42.6 Å². The molecule has 1 aliphatic rings. The number of aryl methyl sites for hydroxylation is 1. The maximum atomic E-state index is 11.5. The number of rotatable bonds is 2. The van der Waals surface area contributed by atoms with E-state index in [0.717, 1.165) is 23.9 Å². The lowest BCUT2D eigenvalue weighted by molar-refractivity contribution is -0.120. The third kappa shape index (κ3) is 2.17. The Morgan fingerprint density at radius 1 is 1.25 bits per heavy atom. The van der Waals surface area contributed by atoms with Crippen LogP contribution in [0.4, 0.5) is 0 Å². The minimum atomic E-state index is 0.0953. The largest absolute Gasteiger partial charge is 0.350 e. The van der Waals surface area contributed by atoms with E-state index in [1.54, 1.807) is 6.92 Å². The summed E-state index contributed by atoms with van der Waals surface area (Å²) in [6.07, 6.45) is 5.47. The van der Waals surface area contributed by atoms with E-state index in [9.17, 15) is 9.59 Å². The molecule has 1 aromatic carbocycles. The van der Waals surface area contributed by atoms with Crippen LogP contribution in [0.5, 0.6) is 0 Å². The van der Waals surface area contributed by atoms with Crippen molar-refractivity contribution >= 4 is 22.5 Å². The highest BCUT2D eigenvalue weighted by Crippen LogP contribution is 2.36. The number of hydrogen-bond donors (Lipinski definition) is 0. The highest BCUT2D eigenvalue weighted by Gasteiger charge is 2.23. The van der Waals surface area contributed by atoms with Gasteiger partial charge in [-0.25, -0.2) is 0 Å². The van der Waals surface area contributed by atoms with Gasteiger partial charge in [-0.3, -0.25) is 9.59 Å². The Morgan fingerprint density at radius 3 is 2.60 bits per heavy atom. The fraction of sp³-hybridized carbons (Fsp3) is 0.412. The van der Waals surface area contributed by atoms with Gasteiger partial charge in [0.05, 0.1) is 0 Å². The molecule has 0 radical (unpaired) electrons. The van der Waals surface area contributed by atoms with Crippen molar-refractivity contribution in [2.24, 2.45) is 7.05 Å². The number of aromatic nitrogens is 1. The number of fused-ring (bicyclic) bond motifs is 1. The van der Waals surface area contributed by atoms with E-state index in [1.165, 1.54) is 10.9 Å². The molecule has 1 heterocycles. The Morgan fingerprint density at radius 2 is 1.95 bits per heavy atom. The summed E-state index contributed by atoms with van der Waals surface area (Å²) in [6.45, 7) is 1.60. The normalized spacial score (nSPS) is 16.8. The first kappa shape index (κ1) is 13.1. The van der Waals surface area contributed by atoms with Gasteiger partial charge in [0.1, 0.15) is 5.78 Å². The number of nitrogens with zero attached hydrogens (tertiary/aromatic N) is 1. The summed E-state index contributed by atoms with van der Waals surface area (Å²) in [5.74, 6) is 0.956. The standard InChI is InChI=1S/C17H19NO2/c1-11(19)13-5-8-15-16(10-18(2)17(15)9-13)12-3-6-14(20)7-4-12/h5,8-10,12H,3-4,6-7H2,1-2H3. The first-order valence-electron chi connectivity index (χ1n) is 7.18. The molecule has 20 heavy (non-hydrogen) atoms. The zero-order valence-corrected chi connectivity index (χ0v) is 12.0. The molecular weight excluding hydrogens is 250 g/mol. The molecule has 0 bridgehead atoms. The van der Waals surface area contributed by atoms with Crippen LogP contribution in [0.2, 0.25) is 0 Å². The quantitative estimate of drug-likeness (QED) is 0.781. The number of benzene rings is 1. The Kier molecular flexibility index (Phi) is 3.20. The van der Waals surface area contributed by atoms with Crippen LogP contribution in [0, 0.1) is 0 Å². The van der Waals surface area contributed by atoms with Gasteiger partial charge < -0.3 is 4.57 Å². The van der Waals surface area contributed by atoms with E-state index < -0.39 is 0 Å². The van der Waals surface area contributed by atoms with Gasteiger partial charge in [0.2, 0.25) is 0 Å². The molecule has 1 aromatic heterocycles. The Balaban J connectivity index is 2.04. The minimum Gasteiger partial charge on any atom is -0.350 e. The second-order valence-electron chi connectivity index (χ2n) is 5.80. The van der Waals surface area contributed by atoms with E-state index in [4.69, 9.17) is 0 Å². The van der Waals surface area contributed by atoms with Gasteiger partial charge in [-0.15, -0.1) is 0 Å². The summed E-state index contributed by atoms with van der Waals surface area (Å²) >= 11 is 0. The smallest absolute Gasteiger partial charge is 0.159 e. The van der Waals surface area contributed by atoms with Crippen LogP contribution < -0.4 is 0 Å². The molecule has 104 valence electrons. The third-order valence-electron chi connectivity index (χ3n) is 4.41. The monoisotopic (exact) mass is 269 g/mol. The average Bonchev–Trinajstić information content (AvgIpc) is 2.76. The van der Waals surface area contributed by atoms with Crippen molar-refractivity contribution < 1.29 is 9.59 Å². The zero-order valence-electron chi connectivity index (χ0n) is 12.0. The lowest BCUT2D eigenvalue weighted by Gasteiger charge is -2.20. The molecule has 0 amide bonds. The topological polar surface area (TPSA) is 39.1 Å². The minimum absolute atomic E-state index is 0.0953. The molecule has 3 heteroatoms. The molecule has 0 unspecified atom stereocenters. The van der Waals surface area contributed by atoms with Gasteiger partial charge in [-0.05, 0) is 37.3 Å². The SMILES string of the molecule is CC(=O)c1ccc2c(C3CCC(=O)CC3)cn(C)c2c1. The lowest BCUT2D eigenvalue weighted by Crippen LogP contribution is -2.12. The van der Waals surface area contributed by atoms with Gasteiger partial charge in [0.15, 0.2) is 5.78 Å². The van der Waals surface area contributed by atoms with Crippen molar-refractivity contribution in [1.82, 2.24) is 4.57 Å². The third-order valence-corrected chi connectivity index (χ3v) is 4.41. The van der Waals surface area contributed by atoms with E-state index in [1.807, 2.05) is 19.2 Å². The van der Waals surface area contributed by atoms with Crippen LogP contribution >= 0.6 is 0 Å². The summed E-state index contributed by atoms with van der Waals surface area (Å²) in [5, 5.41) is 1.22. The molecule has 0 atom stereocenters. The number of hydrogen-bond acceptors (Lipinski definition) is 2. The predicted octanol–water partition coefficient (Wildman–Crippen LogP) is 3.61. The first-order chi connectivity index (χ1) is 9.56. The molecule has 1 aliphatic carbocycles. The summed E-state index contributed by atoms with van der Waals surface area (Å²) in [4.78, 5) is 22.9. The maximum absolute atomic E-state index is 11.5. The summed E-state index contributed by atoms with van der Waals surface area (Å²) < 4.78 is 2.09. The van der Waals surface area contributed by atoms with Crippen molar-refractivity contribution in [2.45, 2.75) is 38.5 Å². The zero-order chi connectivity index (χ0) is 14.3. The lowest BCUT2D eigenvalue weighted by atomic mass is 9.83. The van der Waals surface area contributed by atoms with Crippen molar-refractivity contribution in [2.75, 3.05) is 0 Å². The fourth-order valence-electron chi connectivity index (χ4n) is 3.21. The summed E-state index contributed by atoms with van der Waals surface area (Å²) in [5.41, 5.74) is 3.18. The number of carbonyl (C=O) groups is 2. The highest BCUT2D eigenvalue weighted by atomic mass is 16.1. The first-order valence-corrected chi connectivity index (χ1v) is 7.18. The average molecular weight is 269 g/mol. The van der Waals surface area contributed by atoms with Gasteiger partial charge in [0.25, 0.3) is 0 Å². The van der Waals surface area contributed by atoms with E-state index in [0.29, 0.717) is 24.5 Å². The summed E-state index contributed by atoms with van der Waals surface area (Å²) in [6, 6.07) is 5.93. The van der Waals surface area contributed by atoms with Gasteiger partial charge in [-0.2, -0.15) is 0 Å². The molecule has 1 fully saturated rings. The molecule has 0 spiro atoms. The second kappa shape index (κ2) is 4.89. The van der Waals surface area contributed by atoms with E-state index in [-0.39, 0.29) is 5.78 Å². The van der Waals surface area contributed by atoms with E-state index in [2.05, 4.69) is 16.8 Å². The van der Waals surface area contributed by atoms with Crippen molar-refractivity contribution in [3.63, 3.8) is 0 Å². The fourth-order valence-corrected chi connectivity index (χ4v) is 3.21. The van der Waals surface area contributed by atoms with Crippen molar-refractivity contribution in [1.29, 1.82) is 0 Å². The van der Waals surface area contributed by atoms with Crippen LogP contribution in [0.15, 0.2) is 24.4 Å². The molecule has 2 aromatic rings. The predicted molar refractivity (Wildman–Crippen MR) is 79.1 cm³/mol. The Hall–Kier alpha value is -1.90. The van der Waals surface area contributed by atoms with Crippen LogP contribution in [-0.2, 0) is 11.8 Å². The van der Waals surface area contributed by atoms with Crippen molar-refractivity contribution in [3.8, 4) is 0 Å². The van der Waals surface area contributed by atoms with Crippen LogP contribution in [0.3, 0.4) is 0 Å². The molecule has 0 N–H and O–H groups in total. The molecule has 0 saturated heterocycles. The molecule has 3 rings (SSSR count). The second-order valence-corrected chi connectivity index (χ2v) is 5.80. The van der Waals surface area contributed by atoms with Crippen LogP contribution in [0.1, 0.15) is 54.4 Å². The number of carbonyl (C=O) groups excluding carboxylic acids is 2. The van der Waals surface area contributed by atoms with Crippen LogP contribution in [-0.4, -0.2) is 16.1 Å². The van der Waals surface area contributed by atoms with Crippen molar-refractivity contribution in [3.05, 3.63) is 35.5 Å². The van der Waals surface area contributed by atoms with Gasteiger partial charge in [-0.1, -0.05) is 12.1 Å². The molecular formula is C17H19NO2. The molecule has 0 aliphatic heterocycles. The van der Waals surface area contributed by atoms with E-state index >= 15 is 0 Å². The number of ketones is 2. The Bertz CT molecular complexity index is 686. The maximum Gasteiger partial charge on any atom is 0.159 e. The summed E-state index contributed by atoms with van der Waals surface area (Å²) in [7, 11) is 2.02. The Labute approximate surface area is 118 Å². The van der Waals surface area contributed by atoms with Gasteiger partial charge >= 0.3 is 0 Å².